The number of H-pyrrole nitrogens is 1. The Hall–Kier alpha value is -1.91. The summed E-state index contributed by atoms with van der Waals surface area (Å²) in [5, 5.41) is 3.74. The van der Waals surface area contributed by atoms with E-state index in [1.165, 1.54) is 0 Å². The Morgan fingerprint density at radius 3 is 2.81 bits per heavy atom. The van der Waals surface area contributed by atoms with Gasteiger partial charge in [-0.2, -0.15) is 0 Å². The van der Waals surface area contributed by atoms with E-state index in [-0.39, 0.29) is 5.56 Å². The molecule has 0 aliphatic heterocycles. The maximum Gasteiger partial charge on any atom is 0.257 e. The number of pyridine rings is 1. The van der Waals surface area contributed by atoms with Crippen molar-refractivity contribution in [3.8, 4) is 0 Å². The van der Waals surface area contributed by atoms with Gasteiger partial charge in [-0.3, -0.25) is 4.79 Å². The van der Waals surface area contributed by atoms with Crippen molar-refractivity contribution >= 4 is 16.6 Å². The molecule has 0 spiro atoms. The molecule has 1 aromatic heterocycles. The molecule has 0 saturated heterocycles. The largest absolute Gasteiger partial charge is 0.366 e. The summed E-state index contributed by atoms with van der Waals surface area (Å²) in [5.41, 5.74) is -0.283. The predicted molar refractivity (Wildman–Crippen MR) is 59.1 cm³/mol. The van der Waals surface area contributed by atoms with E-state index in [1.807, 2.05) is 0 Å². The lowest BCUT2D eigenvalue weighted by molar-refractivity contribution is 0.163. The van der Waals surface area contributed by atoms with Crippen molar-refractivity contribution in [2.45, 2.75) is 6.43 Å². The molecule has 0 aliphatic carbocycles. The van der Waals surface area contributed by atoms with Gasteiger partial charge >= 0.3 is 0 Å². The summed E-state index contributed by atoms with van der Waals surface area (Å²) in [6.45, 7) is -0.478. The molecule has 0 fully saturated rings. The number of benzene rings is 1. The molecule has 5 heteroatoms. The Morgan fingerprint density at radius 1 is 1.31 bits per heavy atom. The number of aromatic amines is 1. The Kier molecular flexibility index (Phi) is 2.85. The average molecular weight is 224 g/mol. The van der Waals surface area contributed by atoms with Crippen molar-refractivity contribution in [2.24, 2.45) is 0 Å². The van der Waals surface area contributed by atoms with Crippen molar-refractivity contribution in [1.82, 2.24) is 4.98 Å². The van der Waals surface area contributed by atoms with E-state index in [0.717, 1.165) is 5.39 Å². The molecular weight excluding hydrogens is 214 g/mol. The number of halogens is 2. The maximum absolute atomic E-state index is 12.0. The van der Waals surface area contributed by atoms with E-state index in [2.05, 4.69) is 10.3 Å². The highest BCUT2D eigenvalue weighted by atomic mass is 19.3. The highest BCUT2D eigenvalue weighted by Gasteiger charge is 2.04. The fraction of sp³-hybridized carbons (Fsp3) is 0.182. The smallest absolute Gasteiger partial charge is 0.257 e. The van der Waals surface area contributed by atoms with Crippen LogP contribution in [0.15, 0.2) is 35.1 Å². The van der Waals surface area contributed by atoms with Crippen molar-refractivity contribution in [3.63, 3.8) is 0 Å². The third-order valence-electron chi connectivity index (χ3n) is 2.20. The molecular formula is C11H10F2N2O. The summed E-state index contributed by atoms with van der Waals surface area (Å²) < 4.78 is 24.0. The van der Waals surface area contributed by atoms with Crippen molar-refractivity contribution in [1.29, 1.82) is 0 Å². The van der Waals surface area contributed by atoms with E-state index in [1.54, 1.807) is 30.3 Å². The normalized spacial score (nSPS) is 10.9. The van der Waals surface area contributed by atoms with Crippen LogP contribution in [0, 0.1) is 0 Å². The summed E-state index contributed by atoms with van der Waals surface area (Å²) in [4.78, 5) is 14.1. The highest BCUT2D eigenvalue weighted by Crippen LogP contribution is 2.12. The molecule has 0 saturated carbocycles. The third kappa shape index (κ3) is 2.18. The average Bonchev–Trinajstić information content (AvgIpc) is 2.26. The van der Waals surface area contributed by atoms with Crippen LogP contribution in [-0.4, -0.2) is 18.0 Å². The molecule has 1 heterocycles. The molecule has 0 atom stereocenters. The van der Waals surface area contributed by atoms with Gasteiger partial charge in [-0.25, -0.2) is 8.78 Å². The lowest BCUT2D eigenvalue weighted by Crippen LogP contribution is -2.15. The second-order valence-corrected chi connectivity index (χ2v) is 3.37. The van der Waals surface area contributed by atoms with E-state index < -0.39 is 13.0 Å². The molecule has 2 N–H and O–H groups in total. The summed E-state index contributed by atoms with van der Waals surface area (Å²) in [6, 6.07) is 8.63. The fourth-order valence-electron chi connectivity index (χ4n) is 1.49. The minimum absolute atomic E-state index is 0.283. The number of aromatic nitrogens is 1. The number of fused-ring (bicyclic) bond motifs is 1. The predicted octanol–water partition coefficient (Wildman–Crippen LogP) is 2.21. The lowest BCUT2D eigenvalue weighted by Gasteiger charge is -2.06. The SMILES string of the molecule is O=c1[nH]c(NCC(F)F)cc2ccccc12. The molecule has 0 radical (unpaired) electrons. The molecule has 16 heavy (non-hydrogen) atoms. The van der Waals surface area contributed by atoms with Crippen molar-refractivity contribution in [3.05, 3.63) is 40.7 Å². The Morgan fingerprint density at radius 2 is 2.06 bits per heavy atom. The second-order valence-electron chi connectivity index (χ2n) is 3.37. The first-order chi connectivity index (χ1) is 7.66. The number of hydrogen-bond donors (Lipinski definition) is 2. The van der Waals surface area contributed by atoms with Gasteiger partial charge in [-0.05, 0) is 17.5 Å². The van der Waals surface area contributed by atoms with Gasteiger partial charge in [-0.15, -0.1) is 0 Å². The first-order valence-corrected chi connectivity index (χ1v) is 4.81. The molecule has 0 aliphatic rings. The lowest BCUT2D eigenvalue weighted by atomic mass is 10.2. The van der Waals surface area contributed by atoms with Crippen molar-refractivity contribution in [2.75, 3.05) is 11.9 Å². The molecule has 0 unspecified atom stereocenters. The van der Waals surface area contributed by atoms with Gasteiger partial charge in [-0.1, -0.05) is 18.2 Å². The zero-order valence-corrected chi connectivity index (χ0v) is 8.34. The number of hydrogen-bond acceptors (Lipinski definition) is 2. The van der Waals surface area contributed by atoms with E-state index in [9.17, 15) is 13.6 Å². The van der Waals surface area contributed by atoms with Crippen LogP contribution in [-0.2, 0) is 0 Å². The maximum atomic E-state index is 12.0. The zero-order valence-electron chi connectivity index (χ0n) is 8.34. The van der Waals surface area contributed by atoms with Crippen LogP contribution in [0.25, 0.3) is 10.8 Å². The van der Waals surface area contributed by atoms with Crippen LogP contribution in [0.3, 0.4) is 0 Å². The number of nitrogens with one attached hydrogen (secondary N) is 2. The Labute approximate surface area is 90.1 Å². The van der Waals surface area contributed by atoms with Crippen molar-refractivity contribution < 1.29 is 8.78 Å². The summed E-state index contributed by atoms with van der Waals surface area (Å²) in [5.74, 6) is 0.309. The topological polar surface area (TPSA) is 44.9 Å². The molecule has 1 aromatic carbocycles. The zero-order chi connectivity index (χ0) is 11.5. The van der Waals surface area contributed by atoms with Gasteiger partial charge < -0.3 is 10.3 Å². The minimum Gasteiger partial charge on any atom is -0.366 e. The quantitative estimate of drug-likeness (QED) is 0.839. The number of rotatable bonds is 3. The van der Waals surface area contributed by atoms with Crippen LogP contribution in [0.5, 0.6) is 0 Å². The van der Waals surface area contributed by atoms with Crippen LogP contribution in [0.1, 0.15) is 0 Å². The van der Waals surface area contributed by atoms with E-state index >= 15 is 0 Å². The number of anilines is 1. The summed E-state index contributed by atoms with van der Waals surface area (Å²) in [6.07, 6.45) is -2.45. The monoisotopic (exact) mass is 224 g/mol. The third-order valence-corrected chi connectivity index (χ3v) is 2.20. The molecule has 2 rings (SSSR count). The Balaban J connectivity index is 2.38. The van der Waals surface area contributed by atoms with Gasteiger partial charge in [0.05, 0.1) is 6.54 Å². The van der Waals surface area contributed by atoms with Gasteiger partial charge in [0, 0.05) is 5.39 Å². The first kappa shape index (κ1) is 10.6. The number of alkyl halides is 2. The summed E-state index contributed by atoms with van der Waals surface area (Å²) >= 11 is 0. The molecule has 3 nitrogen and oxygen atoms in total. The van der Waals surface area contributed by atoms with Gasteiger partial charge in [0.1, 0.15) is 5.82 Å². The summed E-state index contributed by atoms with van der Waals surface area (Å²) in [7, 11) is 0. The van der Waals surface area contributed by atoms with E-state index in [0.29, 0.717) is 11.2 Å². The minimum atomic E-state index is -2.45. The Bertz CT molecular complexity index is 551. The van der Waals surface area contributed by atoms with Gasteiger partial charge in [0.2, 0.25) is 0 Å². The standard InChI is InChI=1S/C11H10F2N2O/c12-9(13)6-14-10-5-7-3-1-2-4-8(7)11(16)15-10/h1-5,9H,6H2,(H2,14,15,16). The van der Waals surface area contributed by atoms with Gasteiger partial charge in [0.25, 0.3) is 12.0 Å². The molecule has 0 amide bonds. The van der Waals surface area contributed by atoms with Gasteiger partial charge in [0.15, 0.2) is 0 Å². The first-order valence-electron chi connectivity index (χ1n) is 4.81. The van der Waals surface area contributed by atoms with Crippen LogP contribution in [0.4, 0.5) is 14.6 Å². The molecule has 2 aromatic rings. The fourth-order valence-corrected chi connectivity index (χ4v) is 1.49. The van der Waals surface area contributed by atoms with E-state index in [4.69, 9.17) is 0 Å². The molecule has 84 valence electrons. The highest BCUT2D eigenvalue weighted by molar-refractivity contribution is 5.83. The van der Waals surface area contributed by atoms with Crippen LogP contribution in [0.2, 0.25) is 0 Å². The molecule has 0 bridgehead atoms. The van der Waals surface area contributed by atoms with Crippen LogP contribution < -0.4 is 10.9 Å². The van der Waals surface area contributed by atoms with Crippen LogP contribution >= 0.6 is 0 Å². The second kappa shape index (κ2) is 4.30.